The van der Waals surface area contributed by atoms with E-state index in [0.717, 1.165) is 6.54 Å². The average molecular weight is 298 g/mol. The molecule has 0 radical (unpaired) electrons. The maximum atomic E-state index is 12.6. The molecule has 0 spiro atoms. The van der Waals surface area contributed by atoms with Crippen LogP contribution < -0.4 is 5.32 Å². The largest absolute Gasteiger partial charge is 0.370 e. The summed E-state index contributed by atoms with van der Waals surface area (Å²) < 4.78 is 0. The summed E-state index contributed by atoms with van der Waals surface area (Å²) in [4.78, 5) is 18.6. The summed E-state index contributed by atoms with van der Waals surface area (Å²) >= 11 is 6.12. The first-order valence-electron chi connectivity index (χ1n) is 6.86. The minimum Gasteiger partial charge on any atom is -0.370 e. The second-order valence-corrected chi connectivity index (χ2v) is 6.42. The lowest BCUT2D eigenvalue weighted by atomic mass is 9.87. The molecule has 1 aromatic heterocycles. The number of rotatable bonds is 4. The van der Waals surface area contributed by atoms with Crippen LogP contribution in [0, 0.1) is 5.41 Å². The monoisotopic (exact) mass is 297 g/mol. The Bertz CT molecular complexity index is 482. The number of carbonyl (C=O) groups excluding carboxylic acids is 1. The van der Waals surface area contributed by atoms with Gasteiger partial charge in [0.15, 0.2) is 0 Å². The van der Waals surface area contributed by atoms with Crippen molar-refractivity contribution >= 4 is 23.3 Å². The van der Waals surface area contributed by atoms with Gasteiger partial charge in [0.2, 0.25) is 0 Å². The average Bonchev–Trinajstić information content (AvgIpc) is 2.37. The standard InChI is InChI=1S/C15H24ClN3O/c1-7-17-12-9-8-11(16)13(18-12)14(20)19(6)10(2)15(3,4)5/h8-10H,7H2,1-6H3,(H,17,18). The van der Waals surface area contributed by atoms with Crippen LogP contribution in [-0.4, -0.2) is 35.4 Å². The molecule has 0 aliphatic carbocycles. The van der Waals surface area contributed by atoms with Crippen LogP contribution in [0.2, 0.25) is 5.02 Å². The van der Waals surface area contributed by atoms with Gasteiger partial charge in [0.25, 0.3) is 5.91 Å². The number of hydrogen-bond acceptors (Lipinski definition) is 3. The molecule has 0 bridgehead atoms. The van der Waals surface area contributed by atoms with Crippen molar-refractivity contribution in [3.8, 4) is 0 Å². The van der Waals surface area contributed by atoms with Crippen LogP contribution in [-0.2, 0) is 0 Å². The summed E-state index contributed by atoms with van der Waals surface area (Å²) in [6.45, 7) is 11.1. The first-order chi connectivity index (χ1) is 9.18. The SMILES string of the molecule is CCNc1ccc(Cl)c(C(=O)N(C)C(C)C(C)(C)C)n1. The number of amides is 1. The third-order valence-corrected chi connectivity index (χ3v) is 3.87. The van der Waals surface area contributed by atoms with Crippen LogP contribution in [0.1, 0.15) is 45.1 Å². The van der Waals surface area contributed by atoms with Crippen molar-refractivity contribution in [2.45, 2.75) is 40.7 Å². The van der Waals surface area contributed by atoms with Gasteiger partial charge in [-0.05, 0) is 31.4 Å². The number of halogens is 1. The number of carbonyl (C=O) groups is 1. The fraction of sp³-hybridized carbons (Fsp3) is 0.600. The van der Waals surface area contributed by atoms with Gasteiger partial charge in [-0.15, -0.1) is 0 Å². The van der Waals surface area contributed by atoms with E-state index >= 15 is 0 Å². The van der Waals surface area contributed by atoms with Crippen molar-refractivity contribution in [3.63, 3.8) is 0 Å². The third-order valence-electron chi connectivity index (χ3n) is 3.56. The Labute approximate surface area is 126 Å². The molecule has 20 heavy (non-hydrogen) atoms. The first-order valence-corrected chi connectivity index (χ1v) is 7.23. The molecule has 0 saturated heterocycles. The van der Waals surface area contributed by atoms with Crippen molar-refractivity contribution < 1.29 is 4.79 Å². The van der Waals surface area contributed by atoms with Crippen LogP contribution in [0.25, 0.3) is 0 Å². The molecule has 0 aromatic carbocycles. The zero-order valence-corrected chi connectivity index (χ0v) is 13.9. The Hall–Kier alpha value is -1.29. The number of aromatic nitrogens is 1. The van der Waals surface area contributed by atoms with Gasteiger partial charge >= 0.3 is 0 Å². The highest BCUT2D eigenvalue weighted by Gasteiger charge is 2.29. The predicted molar refractivity (Wildman–Crippen MR) is 84.4 cm³/mol. The van der Waals surface area contributed by atoms with E-state index in [1.54, 1.807) is 24.1 Å². The lowest BCUT2D eigenvalue weighted by Crippen LogP contribution is -2.43. The van der Waals surface area contributed by atoms with Gasteiger partial charge < -0.3 is 10.2 Å². The van der Waals surface area contributed by atoms with Gasteiger partial charge in [0.1, 0.15) is 11.5 Å². The predicted octanol–water partition coefficient (Wildman–Crippen LogP) is 3.67. The van der Waals surface area contributed by atoms with E-state index in [4.69, 9.17) is 11.6 Å². The Morgan fingerprint density at radius 3 is 2.55 bits per heavy atom. The van der Waals surface area contributed by atoms with Crippen LogP contribution in [0.15, 0.2) is 12.1 Å². The van der Waals surface area contributed by atoms with Crippen molar-refractivity contribution in [1.29, 1.82) is 0 Å². The van der Waals surface area contributed by atoms with Crippen LogP contribution in [0.4, 0.5) is 5.82 Å². The second-order valence-electron chi connectivity index (χ2n) is 6.02. The summed E-state index contributed by atoms with van der Waals surface area (Å²) in [6.07, 6.45) is 0. The lowest BCUT2D eigenvalue weighted by Gasteiger charge is -2.35. The van der Waals surface area contributed by atoms with Gasteiger partial charge in [0.05, 0.1) is 5.02 Å². The number of anilines is 1. The van der Waals surface area contributed by atoms with E-state index in [1.807, 2.05) is 13.8 Å². The molecule has 1 N–H and O–H groups in total. The van der Waals surface area contributed by atoms with E-state index in [9.17, 15) is 4.79 Å². The van der Waals surface area contributed by atoms with Gasteiger partial charge in [-0.1, -0.05) is 32.4 Å². The highest BCUT2D eigenvalue weighted by atomic mass is 35.5. The van der Waals surface area contributed by atoms with Gasteiger partial charge in [-0.2, -0.15) is 0 Å². The summed E-state index contributed by atoms with van der Waals surface area (Å²) in [5.74, 6) is 0.509. The molecular weight excluding hydrogens is 274 g/mol. The lowest BCUT2D eigenvalue weighted by molar-refractivity contribution is 0.0623. The Balaban J connectivity index is 3.05. The molecule has 5 heteroatoms. The molecule has 0 aliphatic rings. The quantitative estimate of drug-likeness (QED) is 0.922. The Morgan fingerprint density at radius 2 is 2.05 bits per heavy atom. The molecule has 0 fully saturated rings. The van der Waals surface area contributed by atoms with Gasteiger partial charge in [-0.3, -0.25) is 4.79 Å². The molecular formula is C15H24ClN3O. The maximum Gasteiger partial charge on any atom is 0.274 e. The van der Waals surface area contributed by atoms with Crippen molar-refractivity contribution in [1.82, 2.24) is 9.88 Å². The van der Waals surface area contributed by atoms with Gasteiger partial charge in [-0.25, -0.2) is 4.98 Å². The van der Waals surface area contributed by atoms with E-state index in [2.05, 4.69) is 31.1 Å². The molecule has 1 unspecified atom stereocenters. The van der Waals surface area contributed by atoms with E-state index < -0.39 is 0 Å². The van der Waals surface area contributed by atoms with Crippen LogP contribution in [0.3, 0.4) is 0 Å². The normalized spacial score (nSPS) is 12.9. The Morgan fingerprint density at radius 1 is 1.45 bits per heavy atom. The summed E-state index contributed by atoms with van der Waals surface area (Å²) in [5, 5.41) is 3.47. The zero-order chi connectivity index (χ0) is 15.5. The molecule has 1 rings (SSSR count). The summed E-state index contributed by atoms with van der Waals surface area (Å²) in [7, 11) is 1.79. The highest BCUT2D eigenvalue weighted by molar-refractivity contribution is 6.33. The molecule has 1 aromatic rings. The van der Waals surface area contributed by atoms with E-state index in [-0.39, 0.29) is 17.4 Å². The van der Waals surface area contributed by atoms with Crippen molar-refractivity contribution in [2.75, 3.05) is 18.9 Å². The molecule has 0 aliphatic heterocycles. The maximum absolute atomic E-state index is 12.6. The fourth-order valence-corrected chi connectivity index (χ4v) is 1.98. The Kier molecular flexibility index (Phi) is 5.40. The third kappa shape index (κ3) is 3.85. The molecule has 112 valence electrons. The van der Waals surface area contributed by atoms with Gasteiger partial charge in [0, 0.05) is 19.6 Å². The summed E-state index contributed by atoms with van der Waals surface area (Å²) in [5.41, 5.74) is 0.291. The minimum atomic E-state index is -0.155. The highest BCUT2D eigenvalue weighted by Crippen LogP contribution is 2.25. The van der Waals surface area contributed by atoms with Crippen molar-refractivity contribution in [2.24, 2.45) is 5.41 Å². The smallest absolute Gasteiger partial charge is 0.274 e. The van der Waals surface area contributed by atoms with E-state index in [0.29, 0.717) is 16.5 Å². The number of nitrogens with one attached hydrogen (secondary N) is 1. The number of nitrogens with zero attached hydrogens (tertiary/aromatic N) is 2. The van der Waals surface area contributed by atoms with Crippen molar-refractivity contribution in [3.05, 3.63) is 22.8 Å². The molecule has 1 amide bonds. The molecule has 1 atom stereocenters. The molecule has 1 heterocycles. The topological polar surface area (TPSA) is 45.2 Å². The minimum absolute atomic E-state index is 0.00380. The first kappa shape index (κ1) is 16.8. The van der Waals surface area contributed by atoms with Crippen LogP contribution in [0.5, 0.6) is 0 Å². The fourth-order valence-electron chi connectivity index (χ4n) is 1.80. The molecule has 0 saturated carbocycles. The van der Waals surface area contributed by atoms with E-state index in [1.165, 1.54) is 0 Å². The zero-order valence-electron chi connectivity index (χ0n) is 13.1. The van der Waals surface area contributed by atoms with Crippen LogP contribution >= 0.6 is 11.6 Å². The number of pyridine rings is 1. The number of hydrogen-bond donors (Lipinski definition) is 1. The second kappa shape index (κ2) is 6.44. The summed E-state index contributed by atoms with van der Waals surface area (Å²) in [6, 6.07) is 3.56. The molecule has 4 nitrogen and oxygen atoms in total.